The van der Waals surface area contributed by atoms with Gasteiger partial charge in [0, 0.05) is 29.8 Å². The molecule has 0 spiro atoms. The number of pyridine rings is 2. The van der Waals surface area contributed by atoms with Crippen LogP contribution in [0.25, 0.3) is 5.65 Å². The monoisotopic (exact) mass is 239 g/mol. The van der Waals surface area contributed by atoms with Crippen LogP contribution < -0.4 is 4.74 Å². The van der Waals surface area contributed by atoms with Crippen molar-refractivity contribution in [3.63, 3.8) is 0 Å². The highest BCUT2D eigenvalue weighted by atomic mass is 16.5. The van der Waals surface area contributed by atoms with Gasteiger partial charge >= 0.3 is 0 Å². The van der Waals surface area contributed by atoms with Crippen molar-refractivity contribution in [3.8, 4) is 5.75 Å². The first kappa shape index (κ1) is 10.8. The van der Waals surface area contributed by atoms with Crippen LogP contribution in [0.3, 0.4) is 0 Å². The van der Waals surface area contributed by atoms with Gasteiger partial charge < -0.3 is 9.14 Å². The Kier molecular flexibility index (Phi) is 2.68. The average molecular weight is 239 g/mol. The molecule has 0 radical (unpaired) electrons. The fraction of sp³-hybridized carbons (Fsp3) is 0.143. The lowest BCUT2D eigenvalue weighted by Crippen LogP contribution is -1.99. The van der Waals surface area contributed by atoms with Gasteiger partial charge in [-0.05, 0) is 25.1 Å². The predicted molar refractivity (Wildman–Crippen MR) is 68.5 cm³/mol. The maximum absolute atomic E-state index is 5.71. The van der Waals surface area contributed by atoms with Gasteiger partial charge in [0.15, 0.2) is 0 Å². The summed E-state index contributed by atoms with van der Waals surface area (Å²) in [4.78, 5) is 8.51. The first-order valence-electron chi connectivity index (χ1n) is 5.79. The van der Waals surface area contributed by atoms with Crippen molar-refractivity contribution in [2.24, 2.45) is 0 Å². The molecule has 0 unspecified atom stereocenters. The van der Waals surface area contributed by atoms with Crippen molar-refractivity contribution < 1.29 is 4.74 Å². The topological polar surface area (TPSA) is 39.4 Å². The smallest absolute Gasteiger partial charge is 0.143 e. The van der Waals surface area contributed by atoms with E-state index in [1.807, 2.05) is 48.0 Å². The minimum atomic E-state index is 0.492. The van der Waals surface area contributed by atoms with Gasteiger partial charge in [-0.15, -0.1) is 0 Å². The third-order valence-electron chi connectivity index (χ3n) is 2.78. The van der Waals surface area contributed by atoms with Gasteiger partial charge in [0.1, 0.15) is 18.0 Å². The maximum atomic E-state index is 5.71. The molecule has 0 saturated carbocycles. The van der Waals surface area contributed by atoms with E-state index in [1.165, 1.54) is 0 Å². The van der Waals surface area contributed by atoms with Crippen LogP contribution in [0.1, 0.15) is 11.3 Å². The highest BCUT2D eigenvalue weighted by molar-refractivity contribution is 5.47. The third-order valence-corrected chi connectivity index (χ3v) is 2.78. The van der Waals surface area contributed by atoms with Crippen LogP contribution in [-0.2, 0) is 6.61 Å². The molecule has 3 rings (SSSR count). The van der Waals surface area contributed by atoms with Gasteiger partial charge in [-0.2, -0.15) is 0 Å². The van der Waals surface area contributed by atoms with Crippen molar-refractivity contribution in [1.29, 1.82) is 0 Å². The summed E-state index contributed by atoms with van der Waals surface area (Å²) in [6, 6.07) is 7.87. The molecular weight excluding hydrogens is 226 g/mol. The van der Waals surface area contributed by atoms with Gasteiger partial charge in [-0.1, -0.05) is 6.07 Å². The van der Waals surface area contributed by atoms with Crippen LogP contribution in [0, 0.1) is 6.92 Å². The fourth-order valence-electron chi connectivity index (χ4n) is 1.82. The minimum absolute atomic E-state index is 0.492. The lowest BCUT2D eigenvalue weighted by atomic mass is 10.3. The first-order chi connectivity index (χ1) is 8.83. The van der Waals surface area contributed by atoms with Crippen molar-refractivity contribution in [3.05, 3.63) is 60.3 Å². The zero-order valence-corrected chi connectivity index (χ0v) is 10.1. The standard InChI is InChI=1S/C14H13N3O/c1-11-4-5-13(9-16-11)18-10-12-3-2-7-17-8-6-15-14(12)17/h2-9H,10H2,1H3. The van der Waals surface area contributed by atoms with Crippen LogP contribution in [0.15, 0.2) is 49.1 Å². The Morgan fingerprint density at radius 3 is 2.94 bits per heavy atom. The molecule has 4 nitrogen and oxygen atoms in total. The Bertz CT molecular complexity index is 658. The van der Waals surface area contributed by atoms with Crippen molar-refractivity contribution in [2.45, 2.75) is 13.5 Å². The Labute approximate surface area is 105 Å². The van der Waals surface area contributed by atoms with E-state index in [4.69, 9.17) is 4.74 Å². The maximum Gasteiger partial charge on any atom is 0.143 e. The van der Waals surface area contributed by atoms with Gasteiger partial charge in [-0.25, -0.2) is 4.98 Å². The second-order valence-electron chi connectivity index (χ2n) is 4.12. The van der Waals surface area contributed by atoms with E-state index in [0.717, 1.165) is 22.7 Å². The molecule has 0 saturated heterocycles. The van der Waals surface area contributed by atoms with E-state index in [1.54, 1.807) is 12.4 Å². The summed E-state index contributed by atoms with van der Waals surface area (Å²) in [5, 5.41) is 0. The molecule has 3 heterocycles. The molecule has 90 valence electrons. The molecule has 3 aromatic heterocycles. The number of fused-ring (bicyclic) bond motifs is 1. The number of rotatable bonds is 3. The lowest BCUT2D eigenvalue weighted by Gasteiger charge is -2.07. The van der Waals surface area contributed by atoms with Gasteiger partial charge in [0.05, 0.1) is 6.20 Å². The van der Waals surface area contributed by atoms with E-state index in [-0.39, 0.29) is 0 Å². The van der Waals surface area contributed by atoms with Gasteiger partial charge in [0.2, 0.25) is 0 Å². The molecule has 0 atom stereocenters. The second kappa shape index (κ2) is 4.49. The average Bonchev–Trinajstić information content (AvgIpc) is 2.87. The summed E-state index contributed by atoms with van der Waals surface area (Å²) in [6.45, 7) is 2.45. The van der Waals surface area contributed by atoms with Crippen molar-refractivity contribution in [1.82, 2.24) is 14.4 Å². The van der Waals surface area contributed by atoms with Crippen LogP contribution >= 0.6 is 0 Å². The lowest BCUT2D eigenvalue weighted by molar-refractivity contribution is 0.305. The zero-order valence-electron chi connectivity index (χ0n) is 10.1. The van der Waals surface area contributed by atoms with Crippen LogP contribution in [-0.4, -0.2) is 14.4 Å². The molecule has 0 aliphatic carbocycles. The highest BCUT2D eigenvalue weighted by Gasteiger charge is 2.03. The van der Waals surface area contributed by atoms with E-state index < -0.39 is 0 Å². The quantitative estimate of drug-likeness (QED) is 0.705. The molecule has 18 heavy (non-hydrogen) atoms. The normalized spacial score (nSPS) is 10.7. The van der Waals surface area contributed by atoms with Crippen LogP contribution in [0.5, 0.6) is 5.75 Å². The summed E-state index contributed by atoms with van der Waals surface area (Å²) in [5.74, 6) is 0.772. The largest absolute Gasteiger partial charge is 0.487 e. The number of hydrogen-bond acceptors (Lipinski definition) is 3. The molecule has 0 aromatic carbocycles. The SMILES string of the molecule is Cc1ccc(OCc2cccn3ccnc23)cn1. The Balaban J connectivity index is 1.80. The third kappa shape index (κ3) is 2.05. The molecule has 0 N–H and O–H groups in total. The Hall–Kier alpha value is -2.36. The number of imidazole rings is 1. The summed E-state index contributed by atoms with van der Waals surface area (Å²) in [7, 11) is 0. The van der Waals surface area contributed by atoms with Gasteiger partial charge in [0.25, 0.3) is 0 Å². The molecule has 0 amide bonds. The summed E-state index contributed by atoms with van der Waals surface area (Å²) in [5.41, 5.74) is 2.97. The number of aromatic nitrogens is 3. The minimum Gasteiger partial charge on any atom is -0.487 e. The van der Waals surface area contributed by atoms with E-state index in [2.05, 4.69) is 9.97 Å². The highest BCUT2D eigenvalue weighted by Crippen LogP contribution is 2.14. The summed E-state index contributed by atoms with van der Waals surface area (Å²) in [6.07, 6.45) is 7.42. The Morgan fingerprint density at radius 2 is 2.11 bits per heavy atom. The molecule has 0 aliphatic rings. The summed E-state index contributed by atoms with van der Waals surface area (Å²) >= 11 is 0. The number of ether oxygens (including phenoxy) is 1. The van der Waals surface area contributed by atoms with E-state index in [9.17, 15) is 0 Å². The van der Waals surface area contributed by atoms with Crippen LogP contribution in [0.4, 0.5) is 0 Å². The van der Waals surface area contributed by atoms with E-state index in [0.29, 0.717) is 6.61 Å². The van der Waals surface area contributed by atoms with Crippen LogP contribution in [0.2, 0.25) is 0 Å². The first-order valence-corrected chi connectivity index (χ1v) is 5.79. The molecule has 0 bridgehead atoms. The van der Waals surface area contributed by atoms with E-state index >= 15 is 0 Å². The van der Waals surface area contributed by atoms with Crippen molar-refractivity contribution in [2.75, 3.05) is 0 Å². The summed E-state index contributed by atoms with van der Waals surface area (Å²) < 4.78 is 7.69. The predicted octanol–water partition coefficient (Wildman–Crippen LogP) is 2.62. The Morgan fingerprint density at radius 1 is 1.17 bits per heavy atom. The molecule has 0 aliphatic heterocycles. The fourth-order valence-corrected chi connectivity index (χ4v) is 1.82. The molecule has 3 aromatic rings. The number of aryl methyl sites for hydroxylation is 1. The molecular formula is C14H13N3O. The molecule has 4 heteroatoms. The second-order valence-corrected chi connectivity index (χ2v) is 4.12. The number of hydrogen-bond donors (Lipinski definition) is 0. The number of nitrogens with zero attached hydrogens (tertiary/aromatic N) is 3. The van der Waals surface area contributed by atoms with Gasteiger partial charge in [-0.3, -0.25) is 4.98 Å². The zero-order chi connectivity index (χ0) is 12.4. The van der Waals surface area contributed by atoms with Crippen molar-refractivity contribution >= 4 is 5.65 Å². The molecule has 0 fully saturated rings.